The maximum Gasteiger partial charge on any atom is 0.481 e. The van der Waals surface area contributed by atoms with Crippen molar-refractivity contribution in [1.29, 1.82) is 0 Å². The number of amides is 2. The van der Waals surface area contributed by atoms with Crippen molar-refractivity contribution in [1.82, 2.24) is 30.2 Å². The predicted octanol–water partition coefficient (Wildman–Crippen LogP) is -1.77. The topological polar surface area (TPSA) is 373 Å². The molecule has 1 aliphatic heterocycles. The van der Waals surface area contributed by atoms with Gasteiger partial charge in [0.2, 0.25) is 11.8 Å². The van der Waals surface area contributed by atoms with Gasteiger partial charge in [-0.25, -0.2) is 28.6 Å². The molecule has 0 spiro atoms. The Balaban J connectivity index is 1.55. The van der Waals surface area contributed by atoms with Crippen molar-refractivity contribution in [2.24, 2.45) is 5.41 Å². The van der Waals surface area contributed by atoms with E-state index >= 15 is 0 Å². The second kappa shape index (κ2) is 17.9. The summed E-state index contributed by atoms with van der Waals surface area (Å²) < 4.78 is 66.2. The first-order valence-electron chi connectivity index (χ1n) is 14.3. The van der Waals surface area contributed by atoms with Gasteiger partial charge in [0.05, 0.1) is 31.6 Å². The van der Waals surface area contributed by atoms with Crippen LogP contribution in [0.15, 0.2) is 12.7 Å². The Morgan fingerprint density at radius 3 is 2.47 bits per heavy atom. The van der Waals surface area contributed by atoms with E-state index in [9.17, 15) is 57.9 Å². The zero-order valence-electron chi connectivity index (χ0n) is 26.6. The molecule has 288 valence electrons. The van der Waals surface area contributed by atoms with Gasteiger partial charge in [-0.05, 0) is 0 Å². The van der Waals surface area contributed by atoms with Crippen molar-refractivity contribution in [2.75, 3.05) is 37.8 Å². The van der Waals surface area contributed by atoms with Gasteiger partial charge in [-0.3, -0.25) is 32.5 Å². The molecule has 3 unspecified atom stereocenters. The van der Waals surface area contributed by atoms with Gasteiger partial charge < -0.3 is 55.1 Å². The lowest BCUT2D eigenvalue weighted by Gasteiger charge is -2.30. The monoisotopic (exact) mass is 811 g/mol. The number of phosphoric ester groups is 3. The van der Waals surface area contributed by atoms with Gasteiger partial charge in [0, 0.05) is 30.7 Å². The lowest BCUT2D eigenvalue weighted by molar-refractivity contribution is -0.137. The molecule has 0 radical (unpaired) electrons. The van der Waals surface area contributed by atoms with E-state index in [1.165, 1.54) is 13.8 Å². The van der Waals surface area contributed by atoms with Gasteiger partial charge in [0.15, 0.2) is 17.7 Å². The average molecular weight is 812 g/mol. The number of rotatable bonds is 21. The summed E-state index contributed by atoms with van der Waals surface area (Å²) in [5.41, 5.74) is 4.25. The van der Waals surface area contributed by atoms with Gasteiger partial charge in [0.1, 0.15) is 36.3 Å². The Labute approximate surface area is 292 Å². The predicted molar refractivity (Wildman–Crippen MR) is 169 cm³/mol. The molecule has 1 aliphatic rings. The number of nitrogen functional groups attached to an aromatic ring is 1. The largest absolute Gasteiger partial charge is 0.481 e. The lowest BCUT2D eigenvalue weighted by atomic mass is 9.87. The molecule has 0 aliphatic carbocycles. The Bertz CT molecular complexity index is 1680. The molecule has 29 heteroatoms. The summed E-state index contributed by atoms with van der Waals surface area (Å²) in [7, 11) is -16.4. The highest BCUT2D eigenvalue weighted by atomic mass is 32.2. The number of aromatic nitrogens is 4. The molecule has 0 aromatic carbocycles. The van der Waals surface area contributed by atoms with Crippen molar-refractivity contribution in [2.45, 2.75) is 50.9 Å². The molecule has 1 fully saturated rings. The number of aliphatic hydroxyl groups excluding tert-OH is 2. The first-order chi connectivity index (χ1) is 23.7. The average Bonchev–Trinajstić information content (AvgIpc) is 3.58. The summed E-state index contributed by atoms with van der Waals surface area (Å²) in [5.74, 6) is -1.20. The molecular weight excluding hydrogens is 775 g/mol. The fourth-order valence-electron chi connectivity index (χ4n) is 4.25. The number of phosphoric acid groups is 3. The first-order valence-corrected chi connectivity index (χ1v) is 19.7. The normalized spacial score (nSPS) is 22.5. The summed E-state index contributed by atoms with van der Waals surface area (Å²) in [5, 5.41) is 26.1. The minimum absolute atomic E-state index is 0.0284. The number of nitrogens with zero attached hydrogens (tertiary/aromatic N) is 4. The quantitative estimate of drug-likeness (QED) is 0.0291. The van der Waals surface area contributed by atoms with Gasteiger partial charge in [-0.15, -0.1) is 0 Å². The van der Waals surface area contributed by atoms with Crippen LogP contribution in [0.5, 0.6) is 0 Å². The molecule has 2 amide bonds. The highest BCUT2D eigenvalue weighted by Crippen LogP contribution is 2.61. The molecule has 3 rings (SSSR count). The van der Waals surface area contributed by atoms with Crippen molar-refractivity contribution in [3.05, 3.63) is 12.7 Å². The van der Waals surface area contributed by atoms with Crippen LogP contribution in [0.2, 0.25) is 0 Å². The molecule has 0 saturated carbocycles. The zero-order chi connectivity index (χ0) is 38.2. The van der Waals surface area contributed by atoms with Gasteiger partial charge in [-0.1, -0.05) is 13.8 Å². The fourth-order valence-corrected chi connectivity index (χ4v) is 7.41. The molecule has 1 saturated heterocycles. The number of imidazole rings is 1. The molecule has 2 aromatic rings. The van der Waals surface area contributed by atoms with Gasteiger partial charge in [0.25, 0.3) is 0 Å². The molecule has 51 heavy (non-hydrogen) atoms. The van der Waals surface area contributed by atoms with E-state index < -0.39 is 84.6 Å². The van der Waals surface area contributed by atoms with Crippen LogP contribution in [0.25, 0.3) is 11.2 Å². The molecule has 0 bridgehead atoms. The minimum Gasteiger partial charge on any atom is -0.394 e. The second-order valence-electron chi connectivity index (χ2n) is 11.1. The summed E-state index contributed by atoms with van der Waals surface area (Å²) in [6.45, 7) is 0.659. The minimum atomic E-state index is -5.56. The highest BCUT2D eigenvalue weighted by Gasteiger charge is 2.50. The Kier molecular flexibility index (Phi) is 15.0. The van der Waals surface area contributed by atoms with E-state index in [0.717, 1.165) is 29.3 Å². The molecule has 3 heterocycles. The first kappa shape index (κ1) is 42.8. The number of carbonyl (C=O) groups is 3. The number of fused-ring (bicyclic) bond motifs is 1. The fraction of sp³-hybridized carbons (Fsp3) is 0.636. The summed E-state index contributed by atoms with van der Waals surface area (Å²) in [4.78, 5) is 85.0. The van der Waals surface area contributed by atoms with E-state index in [2.05, 4.69) is 38.6 Å². The Hall–Kier alpha value is -2.64. The number of anilines is 1. The second-order valence-corrected chi connectivity index (χ2v) is 16.2. The SMILES string of the molecule is CC(C)(COP(=O)(O)OP(=O)(O)OC[C@H]1O[C@@H](n2cnc3c(N)ncnc32)[C@H](O)[C@@H]1OP(=O)(O)O)C(O)C(=O)NCCC(=O)NCCSOC=O. The van der Waals surface area contributed by atoms with Crippen molar-refractivity contribution in [3.63, 3.8) is 0 Å². The van der Waals surface area contributed by atoms with Gasteiger partial charge in [-0.2, -0.15) is 4.31 Å². The Morgan fingerprint density at radius 1 is 1.12 bits per heavy atom. The van der Waals surface area contributed by atoms with E-state index in [4.69, 9.17) is 19.5 Å². The van der Waals surface area contributed by atoms with Crippen LogP contribution in [0.3, 0.4) is 0 Å². The van der Waals surface area contributed by atoms with Crippen molar-refractivity contribution >= 4 is 70.8 Å². The maximum absolute atomic E-state index is 12.6. The lowest BCUT2D eigenvalue weighted by Crippen LogP contribution is -2.46. The third-order valence-electron chi connectivity index (χ3n) is 6.69. The van der Waals surface area contributed by atoms with Crippen LogP contribution in [0.4, 0.5) is 5.82 Å². The summed E-state index contributed by atoms with van der Waals surface area (Å²) >= 11 is 0.818. The number of hydrogen-bond donors (Lipinski definition) is 9. The molecule has 7 atom stereocenters. The Morgan fingerprint density at radius 2 is 1.80 bits per heavy atom. The van der Waals surface area contributed by atoms with E-state index in [0.29, 0.717) is 0 Å². The van der Waals surface area contributed by atoms with Crippen LogP contribution >= 0.6 is 35.5 Å². The van der Waals surface area contributed by atoms with Crippen LogP contribution in [0, 0.1) is 5.41 Å². The number of nitrogens with two attached hydrogens (primary N) is 1. The highest BCUT2D eigenvalue weighted by molar-refractivity contribution is 7.95. The molecular formula is C22H36N7O18P3S. The maximum atomic E-state index is 12.6. The van der Waals surface area contributed by atoms with Crippen molar-refractivity contribution in [3.8, 4) is 0 Å². The van der Waals surface area contributed by atoms with Crippen molar-refractivity contribution < 1.29 is 84.7 Å². The van der Waals surface area contributed by atoms with E-state index in [-0.39, 0.29) is 48.7 Å². The summed E-state index contributed by atoms with van der Waals surface area (Å²) in [6, 6.07) is 0. The van der Waals surface area contributed by atoms with Crippen LogP contribution in [0.1, 0.15) is 26.5 Å². The smallest absolute Gasteiger partial charge is 0.394 e. The van der Waals surface area contributed by atoms with Gasteiger partial charge >= 0.3 is 29.9 Å². The van der Waals surface area contributed by atoms with E-state index in [1.807, 2.05) is 0 Å². The third-order valence-corrected chi connectivity index (χ3v) is 10.4. The van der Waals surface area contributed by atoms with Crippen LogP contribution in [-0.4, -0.2) is 124 Å². The number of nitrogens with one attached hydrogen (secondary N) is 2. The molecule has 2 aromatic heterocycles. The number of carbonyl (C=O) groups excluding carboxylic acids is 3. The molecule has 10 N–H and O–H groups in total. The number of hydrogen-bond acceptors (Lipinski definition) is 19. The van der Waals surface area contributed by atoms with E-state index in [1.54, 1.807) is 0 Å². The van der Waals surface area contributed by atoms with Crippen LogP contribution < -0.4 is 16.4 Å². The molecule has 25 nitrogen and oxygen atoms in total. The summed E-state index contributed by atoms with van der Waals surface area (Å²) in [6.07, 6.45) is -6.93. The number of aliphatic hydroxyl groups is 2. The number of ether oxygens (including phenoxy) is 1. The van der Waals surface area contributed by atoms with Crippen LogP contribution in [-0.2, 0) is 54.9 Å². The standard InChI is InChI=1S/C22H36N7O18P3S/c1-22(2,17(33)20(34)25-4-3-13(31)24-5-6-51-44-11-30)8-43-50(40,41)47-49(38,39)42-7-12-16(46-48(35,36)37)15(32)21(45-12)29-10-28-14-18(23)26-9-27-19(14)29/h9-12,15-17,21,32-33H,3-8H2,1-2H3,(H,24,31)(H,25,34)(H,38,39)(H,40,41)(H2,23,26,27)(H2,35,36,37)/t12-,15-,16-,17?,21-/m1/s1. The third kappa shape index (κ3) is 12.8. The zero-order valence-corrected chi connectivity index (χ0v) is 30.1.